The van der Waals surface area contributed by atoms with Crippen molar-refractivity contribution in [2.24, 2.45) is 0 Å². The van der Waals surface area contributed by atoms with E-state index in [9.17, 15) is 0 Å². The SMILES string of the molecule is C=CCc1ccc(C)cc1.CC.CC(C)=Cc1ccc(C)cc1C.CCC.CCCC.Cc1ccc2c(c1)C(c1ccccc1)(c1ccccc1)c1ccccc1-2. The number of aryl methyl sites for hydroxylation is 4. The molecule has 0 saturated carbocycles. The van der Waals surface area contributed by atoms with Gasteiger partial charge in [0.05, 0.1) is 5.41 Å². The number of rotatable bonds is 6. The van der Waals surface area contributed by atoms with Crippen molar-refractivity contribution in [1.29, 1.82) is 0 Å². The number of benzene rings is 6. The highest BCUT2D eigenvalue weighted by molar-refractivity contribution is 5.86. The largest absolute Gasteiger partial charge is 0.103 e. The summed E-state index contributed by atoms with van der Waals surface area (Å²) in [5.74, 6) is 0. The van der Waals surface area contributed by atoms with Crippen molar-refractivity contribution in [3.8, 4) is 11.1 Å². The highest BCUT2D eigenvalue weighted by Crippen LogP contribution is 2.56. The van der Waals surface area contributed by atoms with E-state index in [1.807, 2.05) is 19.9 Å². The predicted octanol–water partition coefficient (Wildman–Crippen LogP) is 17.1. The average molecular weight is 757 g/mol. The van der Waals surface area contributed by atoms with Crippen molar-refractivity contribution in [2.45, 2.75) is 114 Å². The van der Waals surface area contributed by atoms with Gasteiger partial charge in [0.2, 0.25) is 0 Å². The van der Waals surface area contributed by atoms with Crippen LogP contribution in [0.1, 0.15) is 130 Å². The number of hydrogen-bond donors (Lipinski definition) is 0. The molecule has 0 spiro atoms. The van der Waals surface area contributed by atoms with Crippen LogP contribution in [0.2, 0.25) is 0 Å². The summed E-state index contributed by atoms with van der Waals surface area (Å²) in [7, 11) is 0. The first kappa shape index (κ1) is 48.0. The van der Waals surface area contributed by atoms with Crippen molar-refractivity contribution in [1.82, 2.24) is 0 Å². The zero-order chi connectivity index (χ0) is 42.2. The molecule has 0 nitrogen and oxygen atoms in total. The monoisotopic (exact) mass is 757 g/mol. The highest BCUT2D eigenvalue weighted by atomic mass is 14.5. The predicted molar refractivity (Wildman–Crippen MR) is 257 cm³/mol. The zero-order valence-electron chi connectivity index (χ0n) is 37.5. The fourth-order valence-electron chi connectivity index (χ4n) is 6.75. The summed E-state index contributed by atoms with van der Waals surface area (Å²) in [6.07, 6.45) is 9.00. The van der Waals surface area contributed by atoms with E-state index in [1.54, 1.807) is 0 Å². The van der Waals surface area contributed by atoms with Crippen LogP contribution in [0.3, 0.4) is 0 Å². The Morgan fingerprint density at radius 1 is 0.526 bits per heavy atom. The van der Waals surface area contributed by atoms with Gasteiger partial charge in [-0.3, -0.25) is 0 Å². The first-order valence-corrected chi connectivity index (χ1v) is 21.3. The highest BCUT2D eigenvalue weighted by Gasteiger charge is 2.45. The Hall–Kier alpha value is -5.20. The first-order valence-electron chi connectivity index (χ1n) is 21.3. The Labute approximate surface area is 349 Å². The molecule has 0 N–H and O–H groups in total. The Kier molecular flexibility index (Phi) is 21.8. The third-order valence-electron chi connectivity index (χ3n) is 9.48. The van der Waals surface area contributed by atoms with Crippen LogP contribution < -0.4 is 0 Å². The van der Waals surface area contributed by atoms with Gasteiger partial charge in [0, 0.05) is 0 Å². The summed E-state index contributed by atoms with van der Waals surface area (Å²) in [6.45, 7) is 29.1. The molecule has 0 heterocycles. The Bertz CT molecular complexity index is 2000. The molecule has 0 aromatic heterocycles. The van der Waals surface area contributed by atoms with Crippen LogP contribution in [0.4, 0.5) is 0 Å². The molecule has 0 saturated heterocycles. The molecular weight excluding hydrogens is 685 g/mol. The van der Waals surface area contributed by atoms with Gasteiger partial charge in [-0.2, -0.15) is 0 Å². The lowest BCUT2D eigenvalue weighted by Gasteiger charge is -2.34. The van der Waals surface area contributed by atoms with E-state index in [4.69, 9.17) is 0 Å². The molecule has 7 rings (SSSR count). The van der Waals surface area contributed by atoms with Gasteiger partial charge in [0.15, 0.2) is 0 Å². The van der Waals surface area contributed by atoms with Crippen LogP contribution in [0.5, 0.6) is 0 Å². The van der Waals surface area contributed by atoms with E-state index in [0.717, 1.165) is 6.42 Å². The van der Waals surface area contributed by atoms with Crippen molar-refractivity contribution in [2.75, 3.05) is 0 Å². The average Bonchev–Trinajstić information content (AvgIpc) is 3.52. The van der Waals surface area contributed by atoms with E-state index in [1.165, 1.54) is 91.6 Å². The first-order chi connectivity index (χ1) is 27.6. The molecule has 57 heavy (non-hydrogen) atoms. The minimum atomic E-state index is -0.263. The van der Waals surface area contributed by atoms with E-state index in [0.29, 0.717) is 0 Å². The molecule has 0 radical (unpaired) electrons. The van der Waals surface area contributed by atoms with Gasteiger partial charge in [-0.1, -0.05) is 241 Å². The molecule has 6 aromatic carbocycles. The maximum Gasteiger partial charge on any atom is 0.0713 e. The quantitative estimate of drug-likeness (QED) is 0.148. The number of fused-ring (bicyclic) bond motifs is 3. The summed E-state index contributed by atoms with van der Waals surface area (Å²) < 4.78 is 0. The van der Waals surface area contributed by atoms with Crippen molar-refractivity contribution < 1.29 is 0 Å². The van der Waals surface area contributed by atoms with Gasteiger partial charge in [-0.25, -0.2) is 0 Å². The third-order valence-corrected chi connectivity index (χ3v) is 9.48. The number of unbranched alkanes of at least 4 members (excludes halogenated alkanes) is 1. The lowest BCUT2D eigenvalue weighted by Crippen LogP contribution is -2.28. The standard InChI is InChI=1S/C26H20.C12H16.C10H12.C4H10.C3H8.C2H6/c1-19-16-17-23-22-14-8-9-15-24(22)26(25(23)18-19,20-10-4-2-5-11-20)21-12-6-3-7-13-21;1-9(2)7-12-6-5-10(3)8-11(12)4;1-3-4-10-7-5-9(2)6-8-10;1-3-4-2;1-3-2;1-2/h2-18H,1H3;5-8H,1-4H3;3,5-8H,1,4H2,2H3;3-4H2,1-2H3;3H2,1-2H3;1-2H3. The molecule has 1 aliphatic rings. The second-order valence-electron chi connectivity index (χ2n) is 14.8. The fourth-order valence-corrected chi connectivity index (χ4v) is 6.75. The van der Waals surface area contributed by atoms with E-state index >= 15 is 0 Å². The van der Waals surface area contributed by atoms with Crippen LogP contribution in [0, 0.1) is 27.7 Å². The minimum absolute atomic E-state index is 0.263. The normalized spacial score (nSPS) is 10.9. The second-order valence-corrected chi connectivity index (χ2v) is 14.8. The molecule has 0 heteroatoms. The number of hydrogen-bond acceptors (Lipinski definition) is 0. The van der Waals surface area contributed by atoms with Crippen LogP contribution in [0.15, 0.2) is 164 Å². The molecular formula is C57H72. The smallest absolute Gasteiger partial charge is 0.0713 e. The van der Waals surface area contributed by atoms with Crippen molar-refractivity contribution >= 4 is 6.08 Å². The maximum absolute atomic E-state index is 3.68. The van der Waals surface area contributed by atoms with Gasteiger partial charge in [-0.05, 0) is 98.0 Å². The van der Waals surface area contributed by atoms with Gasteiger partial charge < -0.3 is 0 Å². The summed E-state index contributed by atoms with van der Waals surface area (Å²) in [5.41, 5.74) is 17.1. The Morgan fingerprint density at radius 3 is 1.47 bits per heavy atom. The minimum Gasteiger partial charge on any atom is -0.103 e. The van der Waals surface area contributed by atoms with Crippen LogP contribution in [-0.2, 0) is 11.8 Å². The van der Waals surface area contributed by atoms with E-state index in [2.05, 4.69) is 227 Å². The second kappa shape index (κ2) is 25.9. The molecule has 1 aliphatic carbocycles. The van der Waals surface area contributed by atoms with Crippen molar-refractivity contribution in [3.63, 3.8) is 0 Å². The molecule has 0 unspecified atom stereocenters. The fraction of sp³-hybridized carbons (Fsp3) is 0.298. The maximum atomic E-state index is 3.68. The zero-order valence-corrected chi connectivity index (χ0v) is 37.5. The van der Waals surface area contributed by atoms with Gasteiger partial charge >= 0.3 is 0 Å². The lowest BCUT2D eigenvalue weighted by atomic mass is 9.67. The summed E-state index contributed by atoms with van der Waals surface area (Å²) in [5, 5.41) is 0. The van der Waals surface area contributed by atoms with E-state index in [-0.39, 0.29) is 5.41 Å². The van der Waals surface area contributed by atoms with Gasteiger partial charge in [0.25, 0.3) is 0 Å². The van der Waals surface area contributed by atoms with Gasteiger partial charge in [0.1, 0.15) is 0 Å². The third kappa shape index (κ3) is 13.7. The Balaban J connectivity index is 0.000000301. The topological polar surface area (TPSA) is 0 Å². The molecule has 300 valence electrons. The summed E-state index contributed by atoms with van der Waals surface area (Å²) >= 11 is 0. The molecule has 0 aliphatic heterocycles. The Morgan fingerprint density at radius 2 is 0.982 bits per heavy atom. The lowest BCUT2D eigenvalue weighted by molar-refractivity contribution is 0.767. The molecule has 0 fully saturated rings. The molecule has 6 aromatic rings. The molecule has 0 amide bonds. The van der Waals surface area contributed by atoms with Crippen molar-refractivity contribution in [3.05, 3.63) is 219 Å². The molecule has 0 atom stereocenters. The summed E-state index contributed by atoms with van der Waals surface area (Å²) in [4.78, 5) is 0. The van der Waals surface area contributed by atoms with Gasteiger partial charge in [-0.15, -0.1) is 6.58 Å². The van der Waals surface area contributed by atoms with E-state index < -0.39 is 0 Å². The van der Waals surface area contributed by atoms with Crippen LogP contribution in [0.25, 0.3) is 17.2 Å². The molecule has 0 bridgehead atoms. The summed E-state index contributed by atoms with van der Waals surface area (Å²) in [6, 6.07) is 52.7. The number of allylic oxidation sites excluding steroid dienone is 2. The van der Waals surface area contributed by atoms with Crippen LogP contribution in [-0.4, -0.2) is 0 Å². The van der Waals surface area contributed by atoms with Crippen LogP contribution >= 0.6 is 0 Å².